The van der Waals surface area contributed by atoms with Gasteiger partial charge in [-0.15, -0.1) is 0 Å². The number of benzene rings is 2. The van der Waals surface area contributed by atoms with Gasteiger partial charge in [-0.05, 0) is 30.7 Å². The standard InChI is InChI=1S/C17H12N2O8/c20-16(26-12-5-1-10(2-6-12)18(22)23)14-9-15(14)17(21)27-13-7-3-11(4-8-13)19(24)25/h1-8,14-15H,9H2/t14-,15-/m1/s1. The average molecular weight is 372 g/mol. The molecule has 0 bridgehead atoms. The van der Waals surface area contributed by atoms with Gasteiger partial charge in [-0.2, -0.15) is 0 Å². The van der Waals surface area contributed by atoms with E-state index in [1.165, 1.54) is 48.5 Å². The minimum atomic E-state index is -0.661. The number of nitro benzene ring substituents is 2. The van der Waals surface area contributed by atoms with E-state index < -0.39 is 33.6 Å². The molecule has 0 aromatic heterocycles. The van der Waals surface area contributed by atoms with Gasteiger partial charge in [0, 0.05) is 24.3 Å². The summed E-state index contributed by atoms with van der Waals surface area (Å²) in [7, 11) is 0. The average Bonchev–Trinajstić information content (AvgIpc) is 3.43. The van der Waals surface area contributed by atoms with E-state index in [2.05, 4.69) is 0 Å². The van der Waals surface area contributed by atoms with Crippen molar-refractivity contribution in [2.45, 2.75) is 6.42 Å². The summed E-state index contributed by atoms with van der Waals surface area (Å²) in [5, 5.41) is 21.2. The molecule has 0 N–H and O–H groups in total. The molecule has 0 amide bonds. The van der Waals surface area contributed by atoms with Crippen molar-refractivity contribution in [3.05, 3.63) is 68.8 Å². The van der Waals surface area contributed by atoms with Crippen molar-refractivity contribution in [3.8, 4) is 11.5 Å². The predicted octanol–water partition coefficient (Wildman–Crippen LogP) is 2.65. The van der Waals surface area contributed by atoms with Crippen molar-refractivity contribution in [2.75, 3.05) is 0 Å². The number of ether oxygens (including phenoxy) is 2. The summed E-state index contributed by atoms with van der Waals surface area (Å²) < 4.78 is 10.2. The van der Waals surface area contributed by atoms with Crippen LogP contribution in [0, 0.1) is 32.1 Å². The summed E-state index contributed by atoms with van der Waals surface area (Å²) in [6.07, 6.45) is 0.262. The highest BCUT2D eigenvalue weighted by Gasteiger charge is 2.50. The van der Waals surface area contributed by atoms with Crippen molar-refractivity contribution < 1.29 is 28.9 Å². The Morgan fingerprint density at radius 3 is 1.37 bits per heavy atom. The number of nitrogens with zero attached hydrogens (tertiary/aromatic N) is 2. The molecule has 2 aromatic rings. The Kier molecular flexibility index (Phi) is 4.79. The van der Waals surface area contributed by atoms with E-state index >= 15 is 0 Å². The molecule has 2 aromatic carbocycles. The van der Waals surface area contributed by atoms with Crippen molar-refractivity contribution in [3.63, 3.8) is 0 Å². The number of carbonyl (C=O) groups excluding carboxylic acids is 2. The summed E-state index contributed by atoms with van der Waals surface area (Å²) in [5.74, 6) is -2.31. The van der Waals surface area contributed by atoms with Gasteiger partial charge in [0.25, 0.3) is 11.4 Å². The fourth-order valence-corrected chi connectivity index (χ4v) is 2.37. The maximum absolute atomic E-state index is 12.0. The maximum atomic E-state index is 12.0. The Labute approximate surface area is 151 Å². The Bertz CT molecular complexity index is 832. The third kappa shape index (κ3) is 4.24. The molecule has 0 spiro atoms. The van der Waals surface area contributed by atoms with E-state index in [9.17, 15) is 29.8 Å². The van der Waals surface area contributed by atoms with E-state index in [0.717, 1.165) is 0 Å². The zero-order chi connectivity index (χ0) is 19.6. The molecule has 0 saturated heterocycles. The van der Waals surface area contributed by atoms with Crippen LogP contribution in [0.4, 0.5) is 11.4 Å². The highest BCUT2D eigenvalue weighted by atomic mass is 16.6. The summed E-state index contributed by atoms with van der Waals surface area (Å²) in [4.78, 5) is 44.1. The van der Waals surface area contributed by atoms with Gasteiger partial charge in [0.05, 0.1) is 21.7 Å². The van der Waals surface area contributed by atoms with E-state index in [1.54, 1.807) is 0 Å². The number of hydrogen-bond donors (Lipinski definition) is 0. The van der Waals surface area contributed by atoms with E-state index in [4.69, 9.17) is 9.47 Å². The van der Waals surface area contributed by atoms with Gasteiger partial charge in [0.15, 0.2) is 0 Å². The second kappa shape index (κ2) is 7.20. The normalized spacial score (nSPS) is 17.6. The molecule has 1 aliphatic rings. The summed E-state index contributed by atoms with van der Waals surface area (Å²) in [6.45, 7) is 0. The third-order valence-corrected chi connectivity index (χ3v) is 3.93. The third-order valence-electron chi connectivity index (χ3n) is 3.93. The van der Waals surface area contributed by atoms with Crippen molar-refractivity contribution in [1.29, 1.82) is 0 Å². The zero-order valence-electron chi connectivity index (χ0n) is 13.6. The minimum absolute atomic E-state index is 0.134. The first-order valence-corrected chi connectivity index (χ1v) is 7.77. The van der Waals surface area contributed by atoms with E-state index in [-0.39, 0.29) is 29.3 Å². The molecule has 10 heteroatoms. The van der Waals surface area contributed by atoms with Gasteiger partial charge in [-0.1, -0.05) is 0 Å². The number of esters is 2. The monoisotopic (exact) mass is 372 g/mol. The molecule has 0 radical (unpaired) electrons. The lowest BCUT2D eigenvalue weighted by molar-refractivity contribution is -0.385. The maximum Gasteiger partial charge on any atom is 0.315 e. The first-order chi connectivity index (χ1) is 12.8. The summed E-state index contributed by atoms with van der Waals surface area (Å²) in [5.41, 5.74) is -0.267. The quantitative estimate of drug-likeness (QED) is 0.326. The van der Waals surface area contributed by atoms with Crippen LogP contribution in [0.3, 0.4) is 0 Å². The van der Waals surface area contributed by atoms with Gasteiger partial charge in [0.2, 0.25) is 0 Å². The Morgan fingerprint density at radius 2 is 1.07 bits per heavy atom. The largest absolute Gasteiger partial charge is 0.426 e. The van der Waals surface area contributed by atoms with Crippen LogP contribution < -0.4 is 9.47 Å². The van der Waals surface area contributed by atoms with Gasteiger partial charge in [0.1, 0.15) is 11.5 Å². The van der Waals surface area contributed by atoms with Crippen LogP contribution in [0.5, 0.6) is 11.5 Å². The van der Waals surface area contributed by atoms with Crippen LogP contribution in [-0.2, 0) is 9.59 Å². The molecule has 10 nitrogen and oxygen atoms in total. The van der Waals surface area contributed by atoms with Crippen LogP contribution in [0.25, 0.3) is 0 Å². The zero-order valence-corrected chi connectivity index (χ0v) is 13.6. The van der Waals surface area contributed by atoms with Crippen LogP contribution in [0.2, 0.25) is 0 Å². The highest BCUT2D eigenvalue weighted by molar-refractivity contribution is 5.89. The molecule has 2 atom stereocenters. The minimum Gasteiger partial charge on any atom is -0.426 e. The van der Waals surface area contributed by atoms with Gasteiger partial charge in [-0.25, -0.2) is 0 Å². The van der Waals surface area contributed by atoms with Crippen LogP contribution >= 0.6 is 0 Å². The molecule has 1 fully saturated rings. The number of non-ortho nitro benzene ring substituents is 2. The molecule has 138 valence electrons. The molecule has 0 aliphatic heterocycles. The van der Waals surface area contributed by atoms with Gasteiger partial charge < -0.3 is 9.47 Å². The highest BCUT2D eigenvalue weighted by Crippen LogP contribution is 2.41. The second-order valence-electron chi connectivity index (χ2n) is 5.79. The molecule has 27 heavy (non-hydrogen) atoms. The lowest BCUT2D eigenvalue weighted by Gasteiger charge is -2.05. The second-order valence-corrected chi connectivity index (χ2v) is 5.79. The SMILES string of the molecule is O=C(Oc1ccc([N+](=O)[O-])cc1)[C@@H]1C[C@H]1C(=O)Oc1ccc([N+](=O)[O-])cc1. The van der Waals surface area contributed by atoms with Crippen molar-refractivity contribution in [2.24, 2.45) is 11.8 Å². The smallest absolute Gasteiger partial charge is 0.315 e. The molecule has 0 unspecified atom stereocenters. The number of nitro groups is 2. The molecular formula is C17H12N2O8. The van der Waals surface area contributed by atoms with E-state index in [1.807, 2.05) is 0 Å². The molecule has 0 heterocycles. The number of rotatable bonds is 6. The van der Waals surface area contributed by atoms with Crippen molar-refractivity contribution >= 4 is 23.3 Å². The summed E-state index contributed by atoms with van der Waals surface area (Å²) >= 11 is 0. The first-order valence-electron chi connectivity index (χ1n) is 7.77. The fraction of sp³-hybridized carbons (Fsp3) is 0.176. The fourth-order valence-electron chi connectivity index (χ4n) is 2.37. The molecular weight excluding hydrogens is 360 g/mol. The molecule has 1 aliphatic carbocycles. The van der Waals surface area contributed by atoms with Crippen LogP contribution in [0.15, 0.2) is 48.5 Å². The van der Waals surface area contributed by atoms with Gasteiger partial charge in [-0.3, -0.25) is 29.8 Å². The lowest BCUT2D eigenvalue weighted by Crippen LogP contribution is -2.17. The Hall–Kier alpha value is -3.82. The van der Waals surface area contributed by atoms with E-state index in [0.29, 0.717) is 0 Å². The number of hydrogen-bond acceptors (Lipinski definition) is 8. The number of carbonyl (C=O) groups is 2. The lowest BCUT2D eigenvalue weighted by atomic mass is 10.3. The van der Waals surface area contributed by atoms with Crippen LogP contribution in [0.1, 0.15) is 6.42 Å². The van der Waals surface area contributed by atoms with Gasteiger partial charge >= 0.3 is 11.9 Å². The van der Waals surface area contributed by atoms with Crippen LogP contribution in [-0.4, -0.2) is 21.8 Å². The molecule has 1 saturated carbocycles. The predicted molar refractivity (Wildman–Crippen MR) is 89.1 cm³/mol. The topological polar surface area (TPSA) is 139 Å². The Balaban J connectivity index is 1.53. The first kappa shape index (κ1) is 18.0. The van der Waals surface area contributed by atoms with Crippen molar-refractivity contribution in [1.82, 2.24) is 0 Å². The Morgan fingerprint density at radius 1 is 0.741 bits per heavy atom. The summed E-state index contributed by atoms with van der Waals surface area (Å²) in [6, 6.07) is 9.99. The molecule has 3 rings (SSSR count).